The van der Waals surface area contributed by atoms with Crippen molar-refractivity contribution in [3.05, 3.63) is 52.2 Å². The van der Waals surface area contributed by atoms with Crippen molar-refractivity contribution in [1.82, 2.24) is 5.32 Å². The molecule has 2 N–H and O–H groups in total. The molecule has 0 aliphatic heterocycles. The van der Waals surface area contributed by atoms with E-state index in [9.17, 15) is 9.90 Å². The molecule has 124 valence electrons. The highest BCUT2D eigenvalue weighted by Gasteiger charge is 2.17. The summed E-state index contributed by atoms with van der Waals surface area (Å²) >= 11 is 1.56. The third-order valence-electron chi connectivity index (χ3n) is 3.47. The molecule has 23 heavy (non-hydrogen) atoms. The summed E-state index contributed by atoms with van der Waals surface area (Å²) < 4.78 is 5.57. The topological polar surface area (TPSA) is 58.6 Å². The van der Waals surface area contributed by atoms with E-state index in [-0.39, 0.29) is 24.5 Å². The van der Waals surface area contributed by atoms with E-state index in [2.05, 4.69) is 5.32 Å². The molecule has 0 aliphatic carbocycles. The molecule has 1 aromatic carbocycles. The van der Waals surface area contributed by atoms with Gasteiger partial charge in [0.05, 0.1) is 18.1 Å². The highest BCUT2D eigenvalue weighted by atomic mass is 32.1. The molecule has 2 rings (SSSR count). The van der Waals surface area contributed by atoms with Crippen molar-refractivity contribution in [2.45, 2.75) is 38.9 Å². The Morgan fingerprint density at radius 1 is 1.22 bits per heavy atom. The smallest absolute Gasteiger partial charge is 0.228 e. The third kappa shape index (κ3) is 5.08. The average molecular weight is 333 g/mol. The van der Waals surface area contributed by atoms with Gasteiger partial charge in [-0.15, -0.1) is 11.3 Å². The van der Waals surface area contributed by atoms with Crippen LogP contribution in [0.25, 0.3) is 0 Å². The molecule has 0 spiro atoms. The second-order valence-electron chi connectivity index (χ2n) is 5.73. The first kappa shape index (κ1) is 17.5. The summed E-state index contributed by atoms with van der Waals surface area (Å²) in [6, 6.07) is 11.2. The zero-order valence-electron chi connectivity index (χ0n) is 13.7. The fourth-order valence-corrected chi connectivity index (χ4v) is 2.96. The predicted octanol–water partition coefficient (Wildman–Crippen LogP) is 3.49. The maximum absolute atomic E-state index is 12.1. The first-order valence-corrected chi connectivity index (χ1v) is 8.61. The maximum Gasteiger partial charge on any atom is 0.228 e. The number of aliphatic hydroxyl groups is 1. The first-order chi connectivity index (χ1) is 11.0. The summed E-state index contributed by atoms with van der Waals surface area (Å²) in [5.74, 6) is 0.488. The lowest BCUT2D eigenvalue weighted by Crippen LogP contribution is -2.31. The highest BCUT2D eigenvalue weighted by molar-refractivity contribution is 7.10. The average Bonchev–Trinajstić information content (AvgIpc) is 3.06. The number of carbonyl (C=O) groups excluding carboxylic acids is 1. The molecule has 2 unspecified atom stereocenters. The number of nitrogens with one attached hydrogen (secondary N) is 1. The van der Waals surface area contributed by atoms with Gasteiger partial charge in [-0.25, -0.2) is 0 Å². The molecule has 1 amide bonds. The van der Waals surface area contributed by atoms with Crippen molar-refractivity contribution in [2.75, 3.05) is 6.54 Å². The minimum atomic E-state index is -0.734. The Morgan fingerprint density at radius 2 is 1.91 bits per heavy atom. The molecule has 0 saturated heterocycles. The number of amides is 1. The second kappa shape index (κ2) is 8.13. The molecule has 5 heteroatoms. The zero-order chi connectivity index (χ0) is 16.8. The standard InChI is InChI=1S/C18H23NO3S/c1-12(2)22-15-8-6-14(7-9-15)16(20)11-19-18(21)13(3)17-5-4-10-23-17/h4-10,12-13,16,20H,11H2,1-3H3,(H,19,21). The number of rotatable bonds is 7. The van der Waals surface area contributed by atoms with Crippen molar-refractivity contribution in [3.8, 4) is 5.75 Å². The Morgan fingerprint density at radius 3 is 2.48 bits per heavy atom. The quantitative estimate of drug-likeness (QED) is 0.815. The molecule has 1 heterocycles. The molecule has 0 bridgehead atoms. The lowest BCUT2D eigenvalue weighted by atomic mass is 10.1. The SMILES string of the molecule is CC(C)Oc1ccc(C(O)CNC(=O)C(C)c2cccs2)cc1. The molecule has 0 radical (unpaired) electrons. The Bertz CT molecular complexity index is 608. The predicted molar refractivity (Wildman–Crippen MR) is 92.9 cm³/mol. The minimum Gasteiger partial charge on any atom is -0.491 e. The lowest BCUT2D eigenvalue weighted by molar-refractivity contribution is -0.122. The molecule has 2 aromatic rings. The Kier molecular flexibility index (Phi) is 6.19. The molecular formula is C18H23NO3S. The van der Waals surface area contributed by atoms with Crippen LogP contribution in [0.3, 0.4) is 0 Å². The van der Waals surface area contributed by atoms with Crippen LogP contribution in [-0.4, -0.2) is 23.7 Å². The number of hydrogen-bond acceptors (Lipinski definition) is 4. The van der Waals surface area contributed by atoms with Gasteiger partial charge < -0.3 is 15.2 Å². The number of ether oxygens (including phenoxy) is 1. The Labute approximate surface area is 141 Å². The van der Waals surface area contributed by atoms with Crippen LogP contribution < -0.4 is 10.1 Å². The van der Waals surface area contributed by atoms with Gasteiger partial charge in [0.1, 0.15) is 5.75 Å². The number of thiophene rings is 1. The normalized spacial score (nSPS) is 13.6. The second-order valence-corrected chi connectivity index (χ2v) is 6.71. The van der Waals surface area contributed by atoms with Crippen molar-refractivity contribution in [1.29, 1.82) is 0 Å². The number of carbonyl (C=O) groups is 1. The summed E-state index contributed by atoms with van der Waals surface area (Å²) in [5.41, 5.74) is 0.755. The van der Waals surface area contributed by atoms with Gasteiger partial charge in [-0.05, 0) is 49.9 Å². The third-order valence-corrected chi connectivity index (χ3v) is 4.52. The molecule has 0 aliphatic rings. The summed E-state index contributed by atoms with van der Waals surface area (Å²) in [6.45, 7) is 5.99. The van der Waals surface area contributed by atoms with Crippen LogP contribution in [0.4, 0.5) is 0 Å². The highest BCUT2D eigenvalue weighted by Crippen LogP contribution is 2.21. The molecule has 1 aromatic heterocycles. The number of benzene rings is 1. The summed E-state index contributed by atoms with van der Waals surface area (Å²) in [5, 5.41) is 15.0. The van der Waals surface area contributed by atoms with Gasteiger partial charge in [-0.2, -0.15) is 0 Å². The van der Waals surface area contributed by atoms with Gasteiger partial charge in [0.25, 0.3) is 0 Å². The maximum atomic E-state index is 12.1. The van der Waals surface area contributed by atoms with E-state index in [4.69, 9.17) is 4.74 Å². The van der Waals surface area contributed by atoms with Crippen LogP contribution in [0, 0.1) is 0 Å². The van der Waals surface area contributed by atoms with Crippen LogP contribution >= 0.6 is 11.3 Å². The molecule has 4 nitrogen and oxygen atoms in total. The van der Waals surface area contributed by atoms with E-state index < -0.39 is 6.10 Å². The van der Waals surface area contributed by atoms with Crippen LogP contribution in [0.15, 0.2) is 41.8 Å². The number of aliphatic hydroxyl groups excluding tert-OH is 1. The largest absolute Gasteiger partial charge is 0.491 e. The zero-order valence-corrected chi connectivity index (χ0v) is 14.5. The van der Waals surface area contributed by atoms with E-state index in [1.807, 2.05) is 62.5 Å². The van der Waals surface area contributed by atoms with E-state index in [1.54, 1.807) is 11.3 Å². The van der Waals surface area contributed by atoms with E-state index >= 15 is 0 Å². The van der Waals surface area contributed by atoms with Crippen molar-refractivity contribution < 1.29 is 14.6 Å². The molecule has 2 atom stereocenters. The number of hydrogen-bond donors (Lipinski definition) is 2. The summed E-state index contributed by atoms with van der Waals surface area (Å²) in [6.07, 6.45) is -0.619. The fraction of sp³-hybridized carbons (Fsp3) is 0.389. The van der Waals surface area contributed by atoms with Gasteiger partial charge in [-0.3, -0.25) is 4.79 Å². The van der Waals surface area contributed by atoms with Gasteiger partial charge in [0.2, 0.25) is 5.91 Å². The van der Waals surface area contributed by atoms with Gasteiger partial charge in [0.15, 0.2) is 0 Å². The van der Waals surface area contributed by atoms with Crippen molar-refractivity contribution >= 4 is 17.2 Å². The summed E-state index contributed by atoms with van der Waals surface area (Å²) in [7, 11) is 0. The van der Waals surface area contributed by atoms with Gasteiger partial charge in [0, 0.05) is 11.4 Å². The van der Waals surface area contributed by atoms with Crippen LogP contribution in [0.1, 0.15) is 43.2 Å². The van der Waals surface area contributed by atoms with Crippen molar-refractivity contribution in [2.24, 2.45) is 0 Å². The van der Waals surface area contributed by atoms with Crippen molar-refractivity contribution in [3.63, 3.8) is 0 Å². The molecule has 0 fully saturated rings. The van der Waals surface area contributed by atoms with Gasteiger partial charge in [-0.1, -0.05) is 18.2 Å². The van der Waals surface area contributed by atoms with E-state index in [1.165, 1.54) is 0 Å². The molecule has 0 saturated carbocycles. The van der Waals surface area contributed by atoms with E-state index in [0.29, 0.717) is 0 Å². The first-order valence-electron chi connectivity index (χ1n) is 7.73. The Balaban J connectivity index is 1.86. The monoisotopic (exact) mass is 333 g/mol. The Hall–Kier alpha value is -1.85. The van der Waals surface area contributed by atoms with Crippen LogP contribution in [-0.2, 0) is 4.79 Å². The lowest BCUT2D eigenvalue weighted by Gasteiger charge is -2.16. The minimum absolute atomic E-state index is 0.0775. The van der Waals surface area contributed by atoms with Crippen LogP contribution in [0.5, 0.6) is 5.75 Å². The van der Waals surface area contributed by atoms with Crippen LogP contribution in [0.2, 0.25) is 0 Å². The van der Waals surface area contributed by atoms with Gasteiger partial charge >= 0.3 is 0 Å². The fourth-order valence-electron chi connectivity index (χ4n) is 2.18. The summed E-state index contributed by atoms with van der Waals surface area (Å²) in [4.78, 5) is 13.1. The molecular weight excluding hydrogens is 310 g/mol. The van der Waals surface area contributed by atoms with E-state index in [0.717, 1.165) is 16.2 Å².